The Balaban J connectivity index is 4.36. The Bertz CT molecular complexity index is 423. The van der Waals surface area contributed by atoms with Crippen LogP contribution in [0.5, 0.6) is 0 Å². The molecule has 0 saturated carbocycles. The zero-order valence-electron chi connectivity index (χ0n) is 11.7. The first-order valence-electron chi connectivity index (χ1n) is 6.12. The molecule has 0 bridgehead atoms. The number of amides is 1. The van der Waals surface area contributed by atoms with Gasteiger partial charge >= 0.3 is 5.97 Å². The van der Waals surface area contributed by atoms with Gasteiger partial charge in [0.2, 0.25) is 5.91 Å². The largest absolute Gasteiger partial charge is 0.480 e. The van der Waals surface area contributed by atoms with Crippen molar-refractivity contribution in [3.63, 3.8) is 0 Å². The van der Waals surface area contributed by atoms with Crippen LogP contribution in [0.15, 0.2) is 0 Å². The quantitative estimate of drug-likeness (QED) is 0.429. The van der Waals surface area contributed by atoms with E-state index in [0.717, 1.165) is 6.26 Å². The van der Waals surface area contributed by atoms with Crippen LogP contribution in [-0.2, 0) is 24.2 Å². The van der Waals surface area contributed by atoms with Crippen molar-refractivity contribution in [1.29, 1.82) is 0 Å². The molecular weight excluding hydrogens is 288 g/mol. The van der Waals surface area contributed by atoms with Gasteiger partial charge in [0, 0.05) is 20.0 Å². The topological polar surface area (TPSA) is 136 Å². The number of ether oxygens (including phenoxy) is 1. The lowest BCUT2D eigenvalue weighted by molar-refractivity contribution is -0.142. The first kappa shape index (κ1) is 18.8. The minimum absolute atomic E-state index is 0.190. The van der Waals surface area contributed by atoms with Crippen LogP contribution in [0, 0.1) is 0 Å². The molecule has 2 unspecified atom stereocenters. The van der Waals surface area contributed by atoms with E-state index < -0.39 is 33.8 Å². The summed E-state index contributed by atoms with van der Waals surface area (Å²) in [5.41, 5.74) is 5.61. The highest BCUT2D eigenvalue weighted by Crippen LogP contribution is 2.00. The van der Waals surface area contributed by atoms with Crippen molar-refractivity contribution < 1.29 is 27.9 Å². The molecule has 0 radical (unpaired) electrons. The molecule has 0 saturated heterocycles. The van der Waals surface area contributed by atoms with E-state index in [4.69, 9.17) is 15.6 Å². The number of carbonyl (C=O) groups excluding carboxylic acids is 1. The van der Waals surface area contributed by atoms with Crippen LogP contribution in [0.4, 0.5) is 0 Å². The second-order valence-corrected chi connectivity index (χ2v) is 6.82. The molecule has 8 nitrogen and oxygen atoms in total. The lowest BCUT2D eigenvalue weighted by Gasteiger charge is -2.17. The molecule has 0 fully saturated rings. The van der Waals surface area contributed by atoms with Crippen LogP contribution in [0.2, 0.25) is 0 Å². The monoisotopic (exact) mass is 310 g/mol. The summed E-state index contributed by atoms with van der Waals surface area (Å²) in [5.74, 6) is -2.21. The minimum Gasteiger partial charge on any atom is -0.480 e. The highest BCUT2D eigenvalue weighted by Gasteiger charge is 2.24. The number of carbonyl (C=O) groups is 2. The zero-order chi connectivity index (χ0) is 15.8. The van der Waals surface area contributed by atoms with Crippen molar-refractivity contribution in [1.82, 2.24) is 5.32 Å². The van der Waals surface area contributed by atoms with E-state index in [1.807, 2.05) is 0 Å². The summed E-state index contributed by atoms with van der Waals surface area (Å²) >= 11 is 0. The van der Waals surface area contributed by atoms with Crippen molar-refractivity contribution in [2.24, 2.45) is 5.73 Å². The molecule has 0 aliphatic rings. The van der Waals surface area contributed by atoms with E-state index in [0.29, 0.717) is 19.4 Å². The Hall–Kier alpha value is -1.19. The van der Waals surface area contributed by atoms with Crippen LogP contribution in [0.1, 0.15) is 19.3 Å². The molecule has 0 aromatic rings. The van der Waals surface area contributed by atoms with Gasteiger partial charge in [-0.15, -0.1) is 0 Å². The van der Waals surface area contributed by atoms with Crippen molar-refractivity contribution in [3.05, 3.63) is 0 Å². The predicted molar refractivity (Wildman–Crippen MR) is 73.0 cm³/mol. The molecular formula is C11H22N2O6S. The van der Waals surface area contributed by atoms with Gasteiger partial charge in [-0.05, 0) is 19.3 Å². The molecule has 4 N–H and O–H groups in total. The second-order valence-electron chi connectivity index (χ2n) is 4.56. The first-order valence-corrected chi connectivity index (χ1v) is 8.19. The summed E-state index contributed by atoms with van der Waals surface area (Å²) in [7, 11) is -1.76. The third-order valence-corrected chi connectivity index (χ3v) is 3.57. The van der Waals surface area contributed by atoms with Crippen molar-refractivity contribution in [2.45, 2.75) is 31.3 Å². The van der Waals surface area contributed by atoms with E-state index >= 15 is 0 Å². The van der Waals surface area contributed by atoms with Gasteiger partial charge in [-0.25, -0.2) is 13.2 Å². The van der Waals surface area contributed by atoms with Gasteiger partial charge in [0.05, 0.1) is 11.8 Å². The van der Waals surface area contributed by atoms with E-state index in [1.54, 1.807) is 0 Å². The van der Waals surface area contributed by atoms with Gasteiger partial charge < -0.3 is 20.9 Å². The number of rotatable bonds is 10. The summed E-state index contributed by atoms with van der Waals surface area (Å²) in [6.07, 6.45) is 1.75. The number of methoxy groups -OCH3 is 1. The summed E-state index contributed by atoms with van der Waals surface area (Å²) in [6, 6.07) is -2.10. The number of aliphatic carboxylic acids is 1. The normalized spacial score (nSPS) is 14.6. The molecule has 0 heterocycles. The third-order valence-electron chi connectivity index (χ3n) is 2.59. The molecule has 0 aromatic heterocycles. The SMILES string of the molecule is COCCCC(N)C(=O)NC(CCS(C)(=O)=O)C(=O)O. The maximum atomic E-state index is 11.7. The molecule has 1 amide bonds. The summed E-state index contributed by atoms with van der Waals surface area (Å²) in [6.45, 7) is 0.456. The van der Waals surface area contributed by atoms with E-state index in [9.17, 15) is 18.0 Å². The smallest absolute Gasteiger partial charge is 0.326 e. The van der Waals surface area contributed by atoms with Gasteiger partial charge in [-0.1, -0.05) is 0 Å². The summed E-state index contributed by atoms with van der Waals surface area (Å²) in [5, 5.41) is 11.2. The molecule has 0 spiro atoms. The van der Waals surface area contributed by atoms with Gasteiger partial charge in [0.15, 0.2) is 0 Å². The average molecular weight is 310 g/mol. The Morgan fingerprint density at radius 1 is 1.35 bits per heavy atom. The average Bonchev–Trinajstić information content (AvgIpc) is 2.32. The van der Waals surface area contributed by atoms with Crippen molar-refractivity contribution in [2.75, 3.05) is 25.7 Å². The van der Waals surface area contributed by atoms with Gasteiger partial charge in [-0.3, -0.25) is 4.79 Å². The van der Waals surface area contributed by atoms with Crippen LogP contribution >= 0.6 is 0 Å². The maximum Gasteiger partial charge on any atom is 0.326 e. The van der Waals surface area contributed by atoms with Gasteiger partial charge in [-0.2, -0.15) is 0 Å². The molecule has 0 aliphatic carbocycles. The van der Waals surface area contributed by atoms with Crippen molar-refractivity contribution in [3.8, 4) is 0 Å². The minimum atomic E-state index is -3.29. The lowest BCUT2D eigenvalue weighted by atomic mass is 10.1. The number of carboxylic acids is 1. The highest BCUT2D eigenvalue weighted by molar-refractivity contribution is 7.90. The van der Waals surface area contributed by atoms with E-state index in [1.165, 1.54) is 7.11 Å². The molecule has 0 aromatic carbocycles. The fourth-order valence-electron chi connectivity index (χ4n) is 1.45. The fourth-order valence-corrected chi connectivity index (χ4v) is 2.11. The van der Waals surface area contributed by atoms with E-state index in [-0.39, 0.29) is 12.2 Å². The van der Waals surface area contributed by atoms with Crippen LogP contribution < -0.4 is 11.1 Å². The predicted octanol–water partition coefficient (Wildman–Crippen LogP) is -1.26. The highest BCUT2D eigenvalue weighted by atomic mass is 32.2. The Morgan fingerprint density at radius 2 is 1.95 bits per heavy atom. The first-order chi connectivity index (χ1) is 9.17. The van der Waals surface area contributed by atoms with Crippen molar-refractivity contribution >= 4 is 21.7 Å². The fraction of sp³-hybridized carbons (Fsp3) is 0.818. The molecule has 118 valence electrons. The van der Waals surface area contributed by atoms with Gasteiger partial charge in [0.1, 0.15) is 15.9 Å². The number of hydrogen-bond donors (Lipinski definition) is 3. The van der Waals surface area contributed by atoms with Crippen LogP contribution in [-0.4, -0.2) is 63.2 Å². The maximum absolute atomic E-state index is 11.7. The molecule has 20 heavy (non-hydrogen) atoms. The molecule has 0 aliphatic heterocycles. The second kappa shape index (κ2) is 8.88. The third kappa shape index (κ3) is 8.83. The number of sulfone groups is 1. The summed E-state index contributed by atoms with van der Waals surface area (Å²) in [4.78, 5) is 22.7. The van der Waals surface area contributed by atoms with Crippen LogP contribution in [0.3, 0.4) is 0 Å². The Kier molecular flexibility index (Phi) is 8.35. The summed E-state index contributed by atoms with van der Waals surface area (Å²) < 4.78 is 26.8. The molecule has 0 rings (SSSR count). The number of nitrogens with two attached hydrogens (primary N) is 1. The zero-order valence-corrected chi connectivity index (χ0v) is 12.5. The Labute approximate surface area is 118 Å². The lowest BCUT2D eigenvalue weighted by Crippen LogP contribution is -2.49. The number of nitrogens with one attached hydrogen (secondary N) is 1. The number of hydrogen-bond acceptors (Lipinski definition) is 6. The molecule has 2 atom stereocenters. The Morgan fingerprint density at radius 3 is 2.40 bits per heavy atom. The number of carboxylic acid groups (broad SMARTS) is 1. The van der Waals surface area contributed by atoms with E-state index in [2.05, 4.69) is 5.32 Å². The molecule has 9 heteroatoms. The standard InChI is InChI=1S/C11H22N2O6S/c1-19-6-3-4-8(12)10(14)13-9(11(15)16)5-7-20(2,17)18/h8-9H,3-7,12H2,1-2H3,(H,13,14)(H,15,16). The van der Waals surface area contributed by atoms with Gasteiger partial charge in [0.25, 0.3) is 0 Å². The van der Waals surface area contributed by atoms with Crippen LogP contribution in [0.25, 0.3) is 0 Å².